The van der Waals surface area contributed by atoms with Crippen molar-refractivity contribution in [2.24, 2.45) is 17.6 Å². The van der Waals surface area contributed by atoms with Gasteiger partial charge in [-0.2, -0.15) is 0 Å². The molecule has 0 aliphatic carbocycles. The molecule has 2 atom stereocenters. The van der Waals surface area contributed by atoms with Crippen LogP contribution in [-0.2, 0) is 4.79 Å². The topological polar surface area (TPSA) is 58.4 Å². The van der Waals surface area contributed by atoms with Gasteiger partial charge in [-0.15, -0.1) is 0 Å². The summed E-state index contributed by atoms with van der Waals surface area (Å²) in [5.74, 6) is 1.22. The second-order valence-electron chi connectivity index (χ2n) is 6.33. The van der Waals surface area contributed by atoms with E-state index in [9.17, 15) is 4.79 Å². The van der Waals surface area contributed by atoms with E-state index < -0.39 is 0 Å². The molecule has 0 saturated carbocycles. The molecule has 0 heterocycles. The maximum absolute atomic E-state index is 12.0. The van der Waals surface area contributed by atoms with Crippen LogP contribution < -0.4 is 11.1 Å². The first-order valence-electron chi connectivity index (χ1n) is 7.49. The third-order valence-corrected chi connectivity index (χ3v) is 3.73. The number of carbonyl (C=O) groups is 1. The van der Waals surface area contributed by atoms with Crippen LogP contribution in [0.15, 0.2) is 0 Å². The zero-order valence-corrected chi connectivity index (χ0v) is 13.6. The number of amides is 1. The molecule has 0 aliphatic rings. The van der Waals surface area contributed by atoms with E-state index in [2.05, 4.69) is 37.9 Å². The number of rotatable bonds is 9. The summed E-state index contributed by atoms with van der Waals surface area (Å²) in [4.78, 5) is 14.0. The summed E-state index contributed by atoms with van der Waals surface area (Å²) in [6, 6.07) is 0.116. The van der Waals surface area contributed by atoms with E-state index in [4.69, 9.17) is 5.73 Å². The predicted molar refractivity (Wildman–Crippen MR) is 82.0 cm³/mol. The normalized spacial score (nSPS) is 15.1. The Kier molecular flexibility index (Phi) is 9.02. The number of likely N-dealkylation sites (N-methyl/N-ethyl adjacent to an activating group) is 1. The summed E-state index contributed by atoms with van der Waals surface area (Å²) >= 11 is 0. The molecule has 0 spiro atoms. The van der Waals surface area contributed by atoms with Crippen molar-refractivity contribution in [3.8, 4) is 0 Å². The predicted octanol–water partition coefficient (Wildman–Crippen LogP) is 1.84. The highest BCUT2D eigenvalue weighted by Gasteiger charge is 2.18. The maximum atomic E-state index is 12.0. The molecule has 0 aromatic carbocycles. The van der Waals surface area contributed by atoms with E-state index in [1.54, 1.807) is 0 Å². The van der Waals surface area contributed by atoms with Crippen LogP contribution >= 0.6 is 0 Å². The van der Waals surface area contributed by atoms with Crippen LogP contribution in [0.1, 0.15) is 47.5 Å². The first-order chi connectivity index (χ1) is 8.75. The summed E-state index contributed by atoms with van der Waals surface area (Å²) < 4.78 is 0. The molecule has 1 amide bonds. The quantitative estimate of drug-likeness (QED) is 0.673. The minimum Gasteiger partial charge on any atom is -0.355 e. The Bertz CT molecular complexity index is 254. The van der Waals surface area contributed by atoms with Gasteiger partial charge in [0.1, 0.15) is 0 Å². The van der Waals surface area contributed by atoms with Crippen LogP contribution in [0.3, 0.4) is 0 Å². The largest absolute Gasteiger partial charge is 0.355 e. The lowest BCUT2D eigenvalue weighted by Gasteiger charge is -2.26. The van der Waals surface area contributed by atoms with Crippen molar-refractivity contribution in [1.82, 2.24) is 10.2 Å². The van der Waals surface area contributed by atoms with Crippen molar-refractivity contribution in [3.63, 3.8) is 0 Å². The number of nitrogens with zero attached hydrogens (tertiary/aromatic N) is 1. The van der Waals surface area contributed by atoms with Crippen LogP contribution in [0.5, 0.6) is 0 Å². The van der Waals surface area contributed by atoms with Crippen LogP contribution in [0.25, 0.3) is 0 Å². The zero-order chi connectivity index (χ0) is 15.0. The lowest BCUT2D eigenvalue weighted by molar-refractivity contribution is -0.125. The Morgan fingerprint density at radius 1 is 1.16 bits per heavy atom. The average Bonchev–Trinajstić information content (AvgIpc) is 2.33. The van der Waals surface area contributed by atoms with Crippen LogP contribution in [0, 0.1) is 11.8 Å². The van der Waals surface area contributed by atoms with Gasteiger partial charge in [0.25, 0.3) is 0 Å². The first kappa shape index (κ1) is 18.4. The fourth-order valence-corrected chi connectivity index (χ4v) is 1.71. The fraction of sp³-hybridized carbons (Fsp3) is 0.933. The molecule has 0 aromatic rings. The first-order valence-corrected chi connectivity index (χ1v) is 7.49. The van der Waals surface area contributed by atoms with Gasteiger partial charge < -0.3 is 11.1 Å². The molecule has 0 radical (unpaired) electrons. The Morgan fingerprint density at radius 3 is 2.21 bits per heavy atom. The van der Waals surface area contributed by atoms with Crippen molar-refractivity contribution in [2.45, 2.75) is 59.5 Å². The van der Waals surface area contributed by atoms with E-state index in [-0.39, 0.29) is 18.0 Å². The molecule has 2 unspecified atom stereocenters. The Hall–Kier alpha value is -0.610. The Labute approximate surface area is 119 Å². The number of nitrogens with two attached hydrogens (primary N) is 1. The highest BCUT2D eigenvalue weighted by atomic mass is 16.2. The molecular formula is C15H33N3O. The molecule has 0 rings (SSSR count). The maximum Gasteiger partial charge on any atom is 0.237 e. The molecule has 4 nitrogen and oxygen atoms in total. The zero-order valence-electron chi connectivity index (χ0n) is 13.6. The van der Waals surface area contributed by atoms with E-state index in [1.807, 2.05) is 14.0 Å². The fourth-order valence-electron chi connectivity index (χ4n) is 1.71. The summed E-state index contributed by atoms with van der Waals surface area (Å²) in [7, 11) is 1.99. The molecule has 0 aromatic heterocycles. The molecule has 0 bridgehead atoms. The summed E-state index contributed by atoms with van der Waals surface area (Å²) in [5.41, 5.74) is 6.03. The number of hydrogen-bond donors (Lipinski definition) is 2. The third-order valence-electron chi connectivity index (χ3n) is 3.73. The summed E-state index contributed by atoms with van der Waals surface area (Å²) in [6.07, 6.45) is 1.96. The number of hydrogen-bond acceptors (Lipinski definition) is 3. The molecule has 114 valence electrons. The SMILES string of the molecule is CC(C)CCNC(=O)C(C)N(C)CCC(N)C(C)C. The van der Waals surface area contributed by atoms with E-state index in [0.717, 1.165) is 25.9 Å². The van der Waals surface area contributed by atoms with Crippen LogP contribution in [-0.4, -0.2) is 43.0 Å². The van der Waals surface area contributed by atoms with Gasteiger partial charge >= 0.3 is 0 Å². The third kappa shape index (κ3) is 8.22. The second kappa shape index (κ2) is 9.32. The lowest BCUT2D eigenvalue weighted by atomic mass is 10.0. The van der Waals surface area contributed by atoms with E-state index in [1.165, 1.54) is 0 Å². The second-order valence-corrected chi connectivity index (χ2v) is 6.33. The molecular weight excluding hydrogens is 238 g/mol. The standard InChI is InChI=1S/C15H33N3O/c1-11(2)7-9-17-15(19)13(5)18(6)10-8-14(16)12(3)4/h11-14H,7-10,16H2,1-6H3,(H,17,19). The number of nitrogens with one attached hydrogen (secondary N) is 1. The van der Waals surface area contributed by atoms with Crippen molar-refractivity contribution in [3.05, 3.63) is 0 Å². The van der Waals surface area contributed by atoms with Crippen molar-refractivity contribution in [1.29, 1.82) is 0 Å². The monoisotopic (exact) mass is 271 g/mol. The Balaban J connectivity index is 3.97. The van der Waals surface area contributed by atoms with Gasteiger partial charge in [-0.25, -0.2) is 0 Å². The molecule has 19 heavy (non-hydrogen) atoms. The summed E-state index contributed by atoms with van der Waals surface area (Å²) in [5, 5.41) is 2.99. The molecule has 0 saturated heterocycles. The highest BCUT2D eigenvalue weighted by molar-refractivity contribution is 5.81. The molecule has 0 aliphatic heterocycles. The van der Waals surface area contributed by atoms with Gasteiger partial charge in [-0.1, -0.05) is 27.7 Å². The Morgan fingerprint density at radius 2 is 1.74 bits per heavy atom. The van der Waals surface area contributed by atoms with Gasteiger partial charge in [-0.05, 0) is 38.6 Å². The van der Waals surface area contributed by atoms with Crippen molar-refractivity contribution in [2.75, 3.05) is 20.1 Å². The minimum atomic E-state index is -0.0912. The van der Waals surface area contributed by atoms with Gasteiger partial charge in [0, 0.05) is 19.1 Å². The van der Waals surface area contributed by atoms with Crippen molar-refractivity contribution < 1.29 is 4.79 Å². The van der Waals surface area contributed by atoms with E-state index in [0.29, 0.717) is 11.8 Å². The number of carbonyl (C=O) groups excluding carboxylic acids is 1. The van der Waals surface area contributed by atoms with Crippen LogP contribution in [0.2, 0.25) is 0 Å². The van der Waals surface area contributed by atoms with Gasteiger partial charge in [0.2, 0.25) is 5.91 Å². The molecule has 3 N–H and O–H groups in total. The molecule has 0 fully saturated rings. The van der Waals surface area contributed by atoms with E-state index >= 15 is 0 Å². The average molecular weight is 271 g/mol. The summed E-state index contributed by atoms with van der Waals surface area (Å²) in [6.45, 7) is 12.2. The van der Waals surface area contributed by atoms with Gasteiger partial charge in [0.15, 0.2) is 0 Å². The molecule has 4 heteroatoms. The van der Waals surface area contributed by atoms with Crippen molar-refractivity contribution >= 4 is 5.91 Å². The van der Waals surface area contributed by atoms with Gasteiger partial charge in [0.05, 0.1) is 6.04 Å². The minimum absolute atomic E-state index is 0.0912. The highest BCUT2D eigenvalue weighted by Crippen LogP contribution is 2.06. The van der Waals surface area contributed by atoms with Crippen LogP contribution in [0.4, 0.5) is 0 Å². The van der Waals surface area contributed by atoms with Gasteiger partial charge in [-0.3, -0.25) is 9.69 Å². The lowest BCUT2D eigenvalue weighted by Crippen LogP contribution is -2.45. The smallest absolute Gasteiger partial charge is 0.237 e.